The molecule has 0 N–H and O–H groups in total. The van der Waals surface area contributed by atoms with Gasteiger partial charge in [0, 0.05) is 24.8 Å². The Hall–Kier alpha value is -0.600. The standard InChI is InChI=1S/C14H21ClN2/c1-11(2)12-6-4-8-17(9-12)10-13-5-3-7-16-14(13)15/h3,5,7,11-12H,4,6,8-10H2,1-2H3. The summed E-state index contributed by atoms with van der Waals surface area (Å²) in [5, 5.41) is 0.652. The van der Waals surface area contributed by atoms with E-state index in [0.29, 0.717) is 5.15 Å². The second-order valence-electron chi connectivity index (χ2n) is 5.33. The number of rotatable bonds is 3. The molecule has 3 heteroatoms. The van der Waals surface area contributed by atoms with Crippen molar-refractivity contribution in [3.63, 3.8) is 0 Å². The summed E-state index contributed by atoms with van der Waals surface area (Å²) in [6.07, 6.45) is 4.43. The minimum absolute atomic E-state index is 0.652. The van der Waals surface area contributed by atoms with Crippen LogP contribution in [0.4, 0.5) is 0 Å². The largest absolute Gasteiger partial charge is 0.299 e. The number of pyridine rings is 1. The monoisotopic (exact) mass is 252 g/mol. The number of halogens is 1. The van der Waals surface area contributed by atoms with Crippen molar-refractivity contribution in [1.29, 1.82) is 0 Å². The summed E-state index contributed by atoms with van der Waals surface area (Å²) >= 11 is 6.10. The number of nitrogens with zero attached hydrogens (tertiary/aromatic N) is 2. The Morgan fingerprint density at radius 3 is 3.06 bits per heavy atom. The molecule has 0 amide bonds. The molecule has 2 rings (SSSR count). The van der Waals surface area contributed by atoms with Crippen LogP contribution in [0.15, 0.2) is 18.3 Å². The van der Waals surface area contributed by atoms with Gasteiger partial charge in [-0.1, -0.05) is 31.5 Å². The van der Waals surface area contributed by atoms with Crippen molar-refractivity contribution in [1.82, 2.24) is 9.88 Å². The Kier molecular flexibility index (Phi) is 4.41. The zero-order valence-electron chi connectivity index (χ0n) is 10.7. The molecular formula is C14H21ClN2. The minimum atomic E-state index is 0.652. The van der Waals surface area contributed by atoms with Crippen LogP contribution in [0.1, 0.15) is 32.3 Å². The number of piperidine rings is 1. The van der Waals surface area contributed by atoms with E-state index in [1.165, 1.54) is 25.9 Å². The fourth-order valence-corrected chi connectivity index (χ4v) is 2.74. The third kappa shape index (κ3) is 3.43. The lowest BCUT2D eigenvalue weighted by Crippen LogP contribution is -2.36. The van der Waals surface area contributed by atoms with Crippen molar-refractivity contribution in [3.05, 3.63) is 29.0 Å². The van der Waals surface area contributed by atoms with Gasteiger partial charge in [-0.15, -0.1) is 0 Å². The SMILES string of the molecule is CC(C)C1CCCN(Cc2cccnc2Cl)C1. The molecule has 0 radical (unpaired) electrons. The molecular weight excluding hydrogens is 232 g/mol. The molecule has 1 unspecified atom stereocenters. The van der Waals surface area contributed by atoms with Crippen LogP contribution in [0.2, 0.25) is 5.15 Å². The molecule has 1 fully saturated rings. The van der Waals surface area contributed by atoms with Crippen molar-refractivity contribution in [2.45, 2.75) is 33.2 Å². The maximum absolute atomic E-state index is 6.10. The first-order valence-electron chi connectivity index (χ1n) is 6.48. The summed E-state index contributed by atoms with van der Waals surface area (Å²) < 4.78 is 0. The van der Waals surface area contributed by atoms with E-state index in [1.807, 2.05) is 6.07 Å². The fourth-order valence-electron chi connectivity index (χ4n) is 2.56. The van der Waals surface area contributed by atoms with Gasteiger partial charge in [-0.2, -0.15) is 0 Å². The summed E-state index contributed by atoms with van der Waals surface area (Å²) in [6, 6.07) is 4.04. The van der Waals surface area contributed by atoms with Crippen LogP contribution >= 0.6 is 11.6 Å². The second kappa shape index (κ2) is 5.83. The molecule has 1 aromatic rings. The van der Waals surface area contributed by atoms with Crippen LogP contribution in [0.25, 0.3) is 0 Å². The molecule has 0 saturated carbocycles. The molecule has 1 aromatic heterocycles. The highest BCUT2D eigenvalue weighted by atomic mass is 35.5. The fraction of sp³-hybridized carbons (Fsp3) is 0.643. The highest BCUT2D eigenvalue weighted by Gasteiger charge is 2.22. The maximum Gasteiger partial charge on any atom is 0.133 e. The number of hydrogen-bond acceptors (Lipinski definition) is 2. The summed E-state index contributed by atoms with van der Waals surface area (Å²) in [5.74, 6) is 1.61. The highest BCUT2D eigenvalue weighted by Crippen LogP contribution is 2.25. The maximum atomic E-state index is 6.10. The third-order valence-corrected chi connectivity index (χ3v) is 4.06. The van der Waals surface area contributed by atoms with Gasteiger partial charge in [0.15, 0.2) is 0 Å². The minimum Gasteiger partial charge on any atom is -0.299 e. The van der Waals surface area contributed by atoms with Gasteiger partial charge >= 0.3 is 0 Å². The van der Waals surface area contributed by atoms with Gasteiger partial charge in [0.25, 0.3) is 0 Å². The quantitative estimate of drug-likeness (QED) is 0.764. The van der Waals surface area contributed by atoms with E-state index < -0.39 is 0 Å². The topological polar surface area (TPSA) is 16.1 Å². The van der Waals surface area contributed by atoms with E-state index in [0.717, 1.165) is 23.9 Å². The molecule has 1 aliphatic rings. The zero-order chi connectivity index (χ0) is 12.3. The number of hydrogen-bond donors (Lipinski definition) is 0. The van der Waals surface area contributed by atoms with E-state index in [2.05, 4.69) is 29.8 Å². The normalized spacial score (nSPS) is 22.0. The Bertz CT molecular complexity index is 365. The van der Waals surface area contributed by atoms with Crippen molar-refractivity contribution in [2.75, 3.05) is 13.1 Å². The molecule has 1 aliphatic heterocycles. The second-order valence-corrected chi connectivity index (χ2v) is 5.69. The van der Waals surface area contributed by atoms with E-state index in [-0.39, 0.29) is 0 Å². The summed E-state index contributed by atoms with van der Waals surface area (Å²) in [7, 11) is 0. The number of likely N-dealkylation sites (tertiary alicyclic amines) is 1. The number of aromatic nitrogens is 1. The molecule has 1 atom stereocenters. The smallest absolute Gasteiger partial charge is 0.133 e. The van der Waals surface area contributed by atoms with E-state index in [4.69, 9.17) is 11.6 Å². The van der Waals surface area contributed by atoms with Crippen LogP contribution in [0.5, 0.6) is 0 Å². The Balaban J connectivity index is 1.97. The average molecular weight is 253 g/mol. The van der Waals surface area contributed by atoms with E-state index in [9.17, 15) is 0 Å². The molecule has 0 bridgehead atoms. The highest BCUT2D eigenvalue weighted by molar-refractivity contribution is 6.30. The molecule has 0 aliphatic carbocycles. The Labute approximate surface area is 109 Å². The van der Waals surface area contributed by atoms with Crippen LogP contribution in [-0.4, -0.2) is 23.0 Å². The van der Waals surface area contributed by atoms with Crippen molar-refractivity contribution in [2.24, 2.45) is 11.8 Å². The average Bonchev–Trinajstić information content (AvgIpc) is 2.32. The molecule has 2 heterocycles. The van der Waals surface area contributed by atoms with Gasteiger partial charge in [-0.05, 0) is 37.3 Å². The van der Waals surface area contributed by atoms with Crippen LogP contribution in [-0.2, 0) is 6.54 Å². The first-order valence-corrected chi connectivity index (χ1v) is 6.86. The summed E-state index contributed by atoms with van der Waals surface area (Å²) in [5.41, 5.74) is 1.15. The van der Waals surface area contributed by atoms with Gasteiger partial charge in [0.05, 0.1) is 0 Å². The molecule has 0 spiro atoms. The zero-order valence-corrected chi connectivity index (χ0v) is 11.5. The lowest BCUT2D eigenvalue weighted by molar-refractivity contribution is 0.139. The summed E-state index contributed by atoms with van der Waals surface area (Å²) in [6.45, 7) is 7.98. The van der Waals surface area contributed by atoms with E-state index >= 15 is 0 Å². The van der Waals surface area contributed by atoms with Crippen LogP contribution < -0.4 is 0 Å². The first kappa shape index (κ1) is 12.8. The molecule has 0 aromatic carbocycles. The molecule has 94 valence electrons. The van der Waals surface area contributed by atoms with Crippen LogP contribution in [0, 0.1) is 11.8 Å². The van der Waals surface area contributed by atoms with Gasteiger partial charge in [-0.25, -0.2) is 4.98 Å². The Morgan fingerprint density at radius 2 is 2.35 bits per heavy atom. The van der Waals surface area contributed by atoms with Gasteiger partial charge in [0.1, 0.15) is 5.15 Å². The lowest BCUT2D eigenvalue weighted by Gasteiger charge is -2.34. The van der Waals surface area contributed by atoms with Crippen molar-refractivity contribution in [3.8, 4) is 0 Å². The first-order chi connectivity index (χ1) is 8.16. The Morgan fingerprint density at radius 1 is 1.53 bits per heavy atom. The van der Waals surface area contributed by atoms with Crippen molar-refractivity contribution < 1.29 is 0 Å². The molecule has 1 saturated heterocycles. The van der Waals surface area contributed by atoms with Crippen molar-refractivity contribution >= 4 is 11.6 Å². The third-order valence-electron chi connectivity index (χ3n) is 3.72. The lowest BCUT2D eigenvalue weighted by atomic mass is 9.88. The molecule has 2 nitrogen and oxygen atoms in total. The van der Waals surface area contributed by atoms with E-state index in [1.54, 1.807) is 6.20 Å². The van der Waals surface area contributed by atoms with Gasteiger partial charge < -0.3 is 0 Å². The summed E-state index contributed by atoms with van der Waals surface area (Å²) in [4.78, 5) is 6.65. The molecule has 17 heavy (non-hydrogen) atoms. The van der Waals surface area contributed by atoms with Gasteiger partial charge in [-0.3, -0.25) is 4.90 Å². The predicted octanol–water partition coefficient (Wildman–Crippen LogP) is 3.60. The van der Waals surface area contributed by atoms with Gasteiger partial charge in [0.2, 0.25) is 0 Å². The van der Waals surface area contributed by atoms with Crippen LogP contribution in [0.3, 0.4) is 0 Å². The predicted molar refractivity (Wildman–Crippen MR) is 72.1 cm³/mol.